The summed E-state index contributed by atoms with van der Waals surface area (Å²) in [6.45, 7) is 32.4. The van der Waals surface area contributed by atoms with Gasteiger partial charge < -0.3 is 5.11 Å². The summed E-state index contributed by atoms with van der Waals surface area (Å²) in [5.74, 6) is 1.63. The first-order chi connectivity index (χ1) is 24.1. The molecule has 0 atom stereocenters. The molecule has 1 N–H and O–H groups in total. The number of rotatable bonds is 9. The third-order valence-corrected chi connectivity index (χ3v) is 11.1. The van der Waals surface area contributed by atoms with Crippen molar-refractivity contribution >= 4 is 48.2 Å². The summed E-state index contributed by atoms with van der Waals surface area (Å²) in [4.78, 5) is 21.8. The van der Waals surface area contributed by atoms with Crippen molar-refractivity contribution in [2.75, 3.05) is 0 Å². The van der Waals surface area contributed by atoms with Crippen molar-refractivity contribution in [3.8, 4) is 11.3 Å². The molecule has 0 amide bonds. The van der Waals surface area contributed by atoms with E-state index in [9.17, 15) is 9.90 Å². The number of thiophene rings is 1. The summed E-state index contributed by atoms with van der Waals surface area (Å²) in [6.07, 6.45) is 4.24. The largest absolute Gasteiger partial charge is 0.512 e. The van der Waals surface area contributed by atoms with E-state index in [0.717, 1.165) is 33.3 Å². The Hall–Kier alpha value is -2.92. The van der Waals surface area contributed by atoms with Crippen molar-refractivity contribution in [2.24, 2.45) is 40.9 Å². The van der Waals surface area contributed by atoms with Crippen LogP contribution in [-0.2, 0) is 36.7 Å². The summed E-state index contributed by atoms with van der Waals surface area (Å²) in [6, 6.07) is 19.4. The zero-order valence-corrected chi connectivity index (χ0v) is 38.1. The van der Waals surface area contributed by atoms with Crippen molar-refractivity contribution in [3.05, 3.63) is 83.4 Å². The second-order valence-electron chi connectivity index (χ2n) is 18.5. The third kappa shape index (κ3) is 10.9. The Bertz CT molecular complexity index is 2040. The van der Waals surface area contributed by atoms with Gasteiger partial charge in [0.15, 0.2) is 5.78 Å². The van der Waals surface area contributed by atoms with Crippen LogP contribution in [-0.4, -0.2) is 20.9 Å². The predicted molar refractivity (Wildman–Crippen MR) is 225 cm³/mol. The van der Waals surface area contributed by atoms with Crippen LogP contribution in [0.2, 0.25) is 0 Å². The van der Waals surface area contributed by atoms with Crippen molar-refractivity contribution in [1.29, 1.82) is 0 Å². The average molecular weight is 912 g/mol. The molecule has 1 radical (unpaired) electrons. The molecule has 0 spiro atoms. The van der Waals surface area contributed by atoms with Gasteiger partial charge in [-0.1, -0.05) is 138 Å². The zero-order valence-electron chi connectivity index (χ0n) is 34.9. The van der Waals surface area contributed by atoms with Crippen LogP contribution < -0.4 is 0 Å². The van der Waals surface area contributed by atoms with Crippen LogP contribution in [0.15, 0.2) is 60.6 Å². The van der Waals surface area contributed by atoms with E-state index in [1.807, 2.05) is 0 Å². The molecule has 5 rings (SSSR count). The first-order valence-corrected chi connectivity index (χ1v) is 20.0. The van der Waals surface area contributed by atoms with Gasteiger partial charge in [0.25, 0.3) is 0 Å². The Morgan fingerprint density at radius 3 is 1.96 bits per heavy atom. The van der Waals surface area contributed by atoms with E-state index in [4.69, 9.17) is 9.97 Å². The minimum absolute atomic E-state index is 0. The number of benzene rings is 3. The molecule has 0 aliphatic heterocycles. The fourth-order valence-electron chi connectivity index (χ4n) is 7.89. The fraction of sp³-hybridized carbons (Fsp3) is 0.511. The molecule has 0 fully saturated rings. The first kappa shape index (κ1) is 44.5. The molecule has 3 aromatic carbocycles. The van der Waals surface area contributed by atoms with Crippen LogP contribution in [0, 0.1) is 53.9 Å². The zero-order chi connectivity index (χ0) is 38.9. The average Bonchev–Trinajstić information content (AvgIpc) is 3.36. The third-order valence-electron chi connectivity index (χ3n) is 9.97. The van der Waals surface area contributed by atoms with Gasteiger partial charge in [-0.15, -0.1) is 40.5 Å². The number of aryl methyl sites for hydroxylation is 1. The topological polar surface area (TPSA) is 63.1 Å². The normalized spacial score (nSPS) is 12.9. The summed E-state index contributed by atoms with van der Waals surface area (Å²) in [5, 5.41) is 13.9. The Balaban J connectivity index is 0.000000327. The molecule has 6 heteroatoms. The summed E-state index contributed by atoms with van der Waals surface area (Å²) >= 11 is 1.80. The number of fused-ring (bicyclic) bond motifs is 4. The van der Waals surface area contributed by atoms with Crippen LogP contribution in [0.3, 0.4) is 0 Å². The van der Waals surface area contributed by atoms with Crippen molar-refractivity contribution < 1.29 is 30.0 Å². The van der Waals surface area contributed by atoms with E-state index in [0.29, 0.717) is 23.7 Å². The number of carbonyl (C=O) groups excluding carboxylic acids is 1. The molecule has 4 nitrogen and oxygen atoms in total. The van der Waals surface area contributed by atoms with Gasteiger partial charge in [-0.3, -0.25) is 9.78 Å². The Morgan fingerprint density at radius 1 is 0.811 bits per heavy atom. The molecule has 2 heterocycles. The number of ketones is 1. The molecule has 0 bridgehead atoms. The second kappa shape index (κ2) is 17.7. The number of aromatic nitrogens is 2. The second-order valence-corrected chi connectivity index (χ2v) is 19.5. The predicted octanol–water partition coefficient (Wildman–Crippen LogP) is 13.5. The number of hydrogen-bond acceptors (Lipinski definition) is 5. The van der Waals surface area contributed by atoms with E-state index in [1.165, 1.54) is 38.2 Å². The van der Waals surface area contributed by atoms with Gasteiger partial charge in [0, 0.05) is 58.5 Å². The van der Waals surface area contributed by atoms with Gasteiger partial charge in [-0.05, 0) is 59.5 Å². The van der Waals surface area contributed by atoms with Gasteiger partial charge in [-0.2, -0.15) is 0 Å². The molecule has 0 saturated heterocycles. The monoisotopic (exact) mass is 912 g/mol. The van der Waals surface area contributed by atoms with Crippen LogP contribution in [0.5, 0.6) is 0 Å². The maximum Gasteiger partial charge on any atom is 0.162 e. The van der Waals surface area contributed by atoms with Gasteiger partial charge in [0.05, 0.1) is 11.3 Å². The van der Waals surface area contributed by atoms with E-state index in [-0.39, 0.29) is 54.3 Å². The maximum absolute atomic E-state index is 12.3. The standard InChI is InChI=1S/C30H31N2S.C17H32O2.Ir/c1-18-8-10-20-14-21(15-24(23(20)12-18)30(5,6)7)26-28-27(32-17-31-26)22-11-9-19(13-25(22)33-28)16-29(2,3)4;1-10(2)16(11(3)4)14(18)9-15(19)17(12(5)6)13(7)8;/h8-13,15,17H,16H2,1-7H3;9-13,16-18H,1-8H3;/q-1;;/b;14-9-;. The fourth-order valence-corrected chi connectivity index (χ4v) is 9.12. The molecule has 0 unspecified atom stereocenters. The number of aliphatic hydroxyl groups is 1. The maximum atomic E-state index is 12.3. The Kier molecular flexibility index (Phi) is 14.8. The smallest absolute Gasteiger partial charge is 0.162 e. The number of allylic oxidation sites excluding steroid dienone is 2. The van der Waals surface area contributed by atoms with Crippen molar-refractivity contribution in [3.63, 3.8) is 0 Å². The molecule has 2 aromatic heterocycles. The van der Waals surface area contributed by atoms with Crippen molar-refractivity contribution in [1.82, 2.24) is 9.97 Å². The van der Waals surface area contributed by atoms with Gasteiger partial charge in [0.1, 0.15) is 6.33 Å². The summed E-state index contributed by atoms with van der Waals surface area (Å²) in [7, 11) is 0. The van der Waals surface area contributed by atoms with E-state index >= 15 is 0 Å². The summed E-state index contributed by atoms with van der Waals surface area (Å²) < 4.78 is 2.42. The number of hydrogen-bond donors (Lipinski definition) is 1. The van der Waals surface area contributed by atoms with Crippen LogP contribution in [0.25, 0.3) is 42.3 Å². The molecule has 289 valence electrons. The quantitative estimate of drug-likeness (QED) is 0.0909. The Morgan fingerprint density at radius 2 is 1.42 bits per heavy atom. The molecular formula is C47H63IrN2O2S-. The van der Waals surface area contributed by atoms with Gasteiger partial charge in [-0.25, -0.2) is 4.98 Å². The van der Waals surface area contributed by atoms with Crippen molar-refractivity contribution in [2.45, 2.75) is 116 Å². The number of aliphatic hydroxyl groups excluding tert-OH is 1. The van der Waals surface area contributed by atoms with Gasteiger partial charge >= 0.3 is 0 Å². The molecular weight excluding hydrogens is 849 g/mol. The van der Waals surface area contributed by atoms with Gasteiger partial charge in [0.2, 0.25) is 0 Å². The van der Waals surface area contributed by atoms with E-state index < -0.39 is 0 Å². The summed E-state index contributed by atoms with van der Waals surface area (Å²) in [5.41, 5.74) is 7.32. The van der Waals surface area contributed by atoms with Crippen LogP contribution in [0.1, 0.15) is 114 Å². The molecule has 0 saturated carbocycles. The molecule has 53 heavy (non-hydrogen) atoms. The molecule has 0 aliphatic carbocycles. The SMILES string of the molecule is CC(C)C(C(=O)/C=C(\O)C(C(C)C)C(C)C)C(C)C.Cc1ccc2[c-]c(-c3ncnc4c3sc3cc(CC(C)(C)C)ccc34)cc(C(C)(C)C)c2c1.[Ir]. The number of carbonyl (C=O) groups is 1. The molecule has 5 aromatic rings. The minimum atomic E-state index is -0.0119. The van der Waals surface area contributed by atoms with Crippen LogP contribution >= 0.6 is 11.3 Å². The Labute approximate surface area is 337 Å². The van der Waals surface area contributed by atoms with Crippen LogP contribution in [0.4, 0.5) is 0 Å². The van der Waals surface area contributed by atoms with E-state index in [1.54, 1.807) is 17.7 Å². The minimum Gasteiger partial charge on any atom is -0.512 e. The molecule has 0 aliphatic rings. The number of nitrogens with zero attached hydrogens (tertiary/aromatic N) is 2. The van der Waals surface area contributed by atoms with E-state index in [2.05, 4.69) is 152 Å². The first-order valence-electron chi connectivity index (χ1n) is 19.2.